The maximum absolute atomic E-state index is 14.3. The number of carbonyl (C=O) groups is 4. The number of fused-ring (bicyclic) bond motifs is 5. The number of benzene rings is 1. The molecule has 0 spiro atoms. The Labute approximate surface area is 224 Å². The van der Waals surface area contributed by atoms with Crippen LogP contribution in [0.4, 0.5) is 0 Å². The number of hydrogen-bond acceptors (Lipinski definition) is 4. The SMILES string of the molecule is CC1=C[C@@]2(C)C(=CC1=O)CC[C@@H]1[C@@H]2CC[C@@]2(C)[C@H]1CC[C@]2(CCC(=O)O)C(=O)Cc1ccccc1C(=O)O. The third kappa shape index (κ3) is 3.90. The van der Waals surface area contributed by atoms with E-state index in [9.17, 15) is 29.4 Å². The molecule has 6 heteroatoms. The molecule has 0 bridgehead atoms. The van der Waals surface area contributed by atoms with Crippen LogP contribution >= 0.6 is 0 Å². The number of Topliss-reactive ketones (excluding diaryl/α,β-unsaturated/α-hetero) is 1. The van der Waals surface area contributed by atoms with Crippen molar-refractivity contribution in [3.63, 3.8) is 0 Å². The van der Waals surface area contributed by atoms with Crippen molar-refractivity contribution < 1.29 is 29.4 Å². The zero-order valence-electron chi connectivity index (χ0n) is 22.6. The molecule has 1 aromatic carbocycles. The molecule has 6 atom stereocenters. The zero-order chi connectivity index (χ0) is 27.5. The molecule has 4 aliphatic carbocycles. The first-order chi connectivity index (χ1) is 17.9. The lowest BCUT2D eigenvalue weighted by molar-refractivity contribution is -0.146. The van der Waals surface area contributed by atoms with Gasteiger partial charge in [-0.05, 0) is 98.3 Å². The van der Waals surface area contributed by atoms with Gasteiger partial charge in [0, 0.05) is 23.7 Å². The molecule has 0 unspecified atom stereocenters. The van der Waals surface area contributed by atoms with Crippen molar-refractivity contribution >= 4 is 23.5 Å². The van der Waals surface area contributed by atoms with E-state index in [1.54, 1.807) is 18.2 Å². The number of aliphatic carboxylic acids is 1. The summed E-state index contributed by atoms with van der Waals surface area (Å²) in [6, 6.07) is 6.64. The number of carbonyl (C=O) groups excluding carboxylic acids is 2. The number of ketones is 2. The van der Waals surface area contributed by atoms with Crippen molar-refractivity contribution in [1.82, 2.24) is 0 Å². The van der Waals surface area contributed by atoms with Crippen LogP contribution < -0.4 is 0 Å². The van der Waals surface area contributed by atoms with Gasteiger partial charge in [0.1, 0.15) is 5.78 Å². The van der Waals surface area contributed by atoms with Gasteiger partial charge in [-0.2, -0.15) is 0 Å². The smallest absolute Gasteiger partial charge is 0.335 e. The molecule has 5 rings (SSSR count). The molecule has 0 heterocycles. The minimum atomic E-state index is -1.06. The van der Waals surface area contributed by atoms with E-state index in [1.807, 2.05) is 13.0 Å². The highest BCUT2D eigenvalue weighted by molar-refractivity contribution is 6.05. The van der Waals surface area contributed by atoms with Gasteiger partial charge in [0.25, 0.3) is 0 Å². The first-order valence-electron chi connectivity index (χ1n) is 13.9. The number of carboxylic acids is 2. The Morgan fingerprint density at radius 2 is 1.71 bits per heavy atom. The fraction of sp³-hybridized carbons (Fsp3) is 0.562. The summed E-state index contributed by atoms with van der Waals surface area (Å²) in [7, 11) is 0. The maximum Gasteiger partial charge on any atom is 0.335 e. The molecule has 3 saturated carbocycles. The average Bonchev–Trinajstić information content (AvgIpc) is 3.17. The highest BCUT2D eigenvalue weighted by Gasteiger charge is 2.65. The van der Waals surface area contributed by atoms with Gasteiger partial charge >= 0.3 is 11.9 Å². The first-order valence-corrected chi connectivity index (χ1v) is 13.9. The number of aromatic carboxylic acids is 1. The summed E-state index contributed by atoms with van der Waals surface area (Å²) in [5, 5.41) is 19.3. The van der Waals surface area contributed by atoms with E-state index >= 15 is 0 Å². The zero-order valence-corrected chi connectivity index (χ0v) is 22.6. The molecule has 2 N–H and O–H groups in total. The number of carboxylic acid groups (broad SMARTS) is 2. The van der Waals surface area contributed by atoms with Gasteiger partial charge in [0.15, 0.2) is 5.78 Å². The molecule has 0 saturated heterocycles. The van der Waals surface area contributed by atoms with Crippen molar-refractivity contribution in [3.8, 4) is 0 Å². The van der Waals surface area contributed by atoms with Crippen molar-refractivity contribution in [2.24, 2.45) is 34.0 Å². The molecule has 0 aromatic heterocycles. The Bertz CT molecular complexity index is 1270. The van der Waals surface area contributed by atoms with Crippen molar-refractivity contribution in [2.45, 2.75) is 78.6 Å². The van der Waals surface area contributed by atoms with Crippen LogP contribution in [0.1, 0.15) is 88.1 Å². The normalized spacial score (nSPS) is 35.9. The molecule has 202 valence electrons. The fourth-order valence-corrected chi connectivity index (χ4v) is 9.17. The van der Waals surface area contributed by atoms with Crippen LogP contribution in [0.2, 0.25) is 0 Å². The lowest BCUT2D eigenvalue weighted by atomic mass is 9.45. The van der Waals surface area contributed by atoms with Crippen LogP contribution in [0, 0.1) is 34.0 Å². The van der Waals surface area contributed by atoms with E-state index in [1.165, 1.54) is 11.6 Å². The van der Waals surface area contributed by atoms with Crippen LogP contribution in [-0.4, -0.2) is 33.7 Å². The lowest BCUT2D eigenvalue weighted by Gasteiger charge is -2.59. The Morgan fingerprint density at radius 3 is 2.42 bits per heavy atom. The summed E-state index contributed by atoms with van der Waals surface area (Å²) in [6.07, 6.45) is 9.40. The number of allylic oxidation sites excluding steroid dienone is 4. The number of rotatable bonds is 7. The van der Waals surface area contributed by atoms with Gasteiger partial charge in [0.2, 0.25) is 0 Å². The first kappa shape index (κ1) is 26.6. The van der Waals surface area contributed by atoms with Crippen LogP contribution in [0.25, 0.3) is 0 Å². The third-order valence-electron chi connectivity index (χ3n) is 11.1. The molecule has 1 aromatic rings. The van der Waals surface area contributed by atoms with Crippen LogP contribution in [0.5, 0.6) is 0 Å². The predicted octanol–water partition coefficient (Wildman–Crippen LogP) is 6.05. The van der Waals surface area contributed by atoms with E-state index in [4.69, 9.17) is 0 Å². The van der Waals surface area contributed by atoms with Gasteiger partial charge in [-0.1, -0.05) is 43.7 Å². The second-order valence-electron chi connectivity index (χ2n) is 12.6. The van der Waals surface area contributed by atoms with Gasteiger partial charge in [-0.3, -0.25) is 14.4 Å². The summed E-state index contributed by atoms with van der Waals surface area (Å²) in [6.45, 7) is 6.38. The summed E-state index contributed by atoms with van der Waals surface area (Å²) in [5.41, 5.74) is 1.37. The molecular formula is C32H38O6. The van der Waals surface area contributed by atoms with Gasteiger partial charge in [0.05, 0.1) is 5.56 Å². The van der Waals surface area contributed by atoms with Gasteiger partial charge in [-0.15, -0.1) is 0 Å². The molecule has 0 amide bonds. The van der Waals surface area contributed by atoms with Crippen molar-refractivity contribution in [2.75, 3.05) is 0 Å². The molecule has 6 nitrogen and oxygen atoms in total. The second-order valence-corrected chi connectivity index (χ2v) is 12.6. The highest BCUT2D eigenvalue weighted by Crippen LogP contribution is 2.71. The fourth-order valence-electron chi connectivity index (χ4n) is 9.17. The van der Waals surface area contributed by atoms with E-state index in [2.05, 4.69) is 19.9 Å². The second kappa shape index (κ2) is 9.32. The average molecular weight is 519 g/mol. The van der Waals surface area contributed by atoms with E-state index in [0.29, 0.717) is 29.7 Å². The Kier molecular flexibility index (Phi) is 6.52. The molecule has 3 fully saturated rings. The third-order valence-corrected chi connectivity index (χ3v) is 11.1. The van der Waals surface area contributed by atoms with Crippen LogP contribution in [0.3, 0.4) is 0 Å². The molecule has 4 aliphatic rings. The van der Waals surface area contributed by atoms with E-state index < -0.39 is 17.4 Å². The maximum atomic E-state index is 14.3. The highest BCUT2D eigenvalue weighted by atomic mass is 16.4. The lowest BCUT2D eigenvalue weighted by Crippen LogP contribution is -2.54. The minimum absolute atomic E-state index is 0.00709. The van der Waals surface area contributed by atoms with Gasteiger partial charge < -0.3 is 10.2 Å². The van der Waals surface area contributed by atoms with Gasteiger partial charge in [-0.25, -0.2) is 4.79 Å². The summed E-state index contributed by atoms with van der Waals surface area (Å²) in [5.74, 6) is -0.789. The van der Waals surface area contributed by atoms with Crippen LogP contribution in [-0.2, 0) is 20.8 Å². The predicted molar refractivity (Wildman–Crippen MR) is 143 cm³/mol. The largest absolute Gasteiger partial charge is 0.481 e. The van der Waals surface area contributed by atoms with E-state index in [-0.39, 0.29) is 47.2 Å². The molecule has 0 aliphatic heterocycles. The summed E-state index contributed by atoms with van der Waals surface area (Å²) >= 11 is 0. The van der Waals surface area contributed by atoms with E-state index in [0.717, 1.165) is 37.7 Å². The Balaban J connectivity index is 1.50. The molecular weight excluding hydrogens is 480 g/mol. The Hall–Kier alpha value is -3.02. The molecule has 0 radical (unpaired) electrons. The molecule has 38 heavy (non-hydrogen) atoms. The van der Waals surface area contributed by atoms with Crippen molar-refractivity contribution in [1.29, 1.82) is 0 Å². The van der Waals surface area contributed by atoms with Crippen molar-refractivity contribution in [3.05, 3.63) is 58.7 Å². The Morgan fingerprint density at radius 1 is 1.00 bits per heavy atom. The summed E-state index contributed by atoms with van der Waals surface area (Å²) in [4.78, 5) is 50.3. The monoisotopic (exact) mass is 518 g/mol. The number of hydrogen-bond donors (Lipinski definition) is 2. The van der Waals surface area contributed by atoms with Crippen LogP contribution in [0.15, 0.2) is 47.6 Å². The standard InChI is InChI=1S/C32H38O6/c1-19-18-30(2)21(17-26(19)33)8-9-23-24(30)10-13-31(3)25(23)11-14-32(31,15-12-28(35)36)27(34)16-20-6-4-5-7-22(20)29(37)38/h4-7,17-18,23-25H,8-16H2,1-3H3,(H,35,36)(H,37,38)/t23-,24+,25+,30+,31+,32+/m1/s1. The quantitative estimate of drug-likeness (QED) is 0.455. The summed E-state index contributed by atoms with van der Waals surface area (Å²) < 4.78 is 0. The topological polar surface area (TPSA) is 109 Å². The minimum Gasteiger partial charge on any atom is -0.481 e.